The number of amides is 1. The van der Waals surface area contributed by atoms with E-state index in [1.54, 1.807) is 0 Å². The highest BCUT2D eigenvalue weighted by atomic mass is 19.1. The number of alkyl halides is 1. The SMILES string of the molecule is O=C(CC12CC(F)(C1)C2)N(CC12CCC(c3nc(C4CC4)no3)(CC1)CC2)c1cccc(N2CCOCC2)c1. The predicted molar refractivity (Wildman–Crippen MR) is 145 cm³/mol. The fourth-order valence-corrected chi connectivity index (χ4v) is 8.58. The van der Waals surface area contributed by atoms with Gasteiger partial charge >= 0.3 is 0 Å². The molecule has 1 aromatic carbocycles. The number of aromatic nitrogens is 2. The Hall–Kier alpha value is -2.48. The number of nitrogens with zero attached hydrogens (tertiary/aromatic N) is 4. The predicted octanol–water partition coefficient (Wildman–Crippen LogP) is 5.69. The summed E-state index contributed by atoms with van der Waals surface area (Å²) in [5.41, 5.74) is 1.15. The van der Waals surface area contributed by atoms with Gasteiger partial charge in [-0.15, -0.1) is 0 Å². The number of fused-ring (bicyclic) bond motifs is 3. The summed E-state index contributed by atoms with van der Waals surface area (Å²) in [5.74, 6) is 2.43. The van der Waals surface area contributed by atoms with E-state index in [2.05, 4.69) is 39.2 Å². The maximum atomic E-state index is 14.3. The molecule has 0 spiro atoms. The Kier molecular flexibility index (Phi) is 5.31. The van der Waals surface area contributed by atoms with E-state index >= 15 is 0 Å². The standard InChI is InChI=1S/C31H39FN4O3/c32-31-18-29(19-31,20-31)17-25(37)36(24-3-1-2-23(16-24)35-12-14-38-15-13-35)21-28-6-9-30(10-7-28,11-8-28)27-33-26(34-39-27)22-4-5-22/h1-3,16,22H,4-15,17-21H2. The smallest absolute Gasteiger partial charge is 0.232 e. The summed E-state index contributed by atoms with van der Waals surface area (Å²) in [7, 11) is 0. The first-order valence-corrected chi connectivity index (χ1v) is 15.1. The molecule has 0 N–H and O–H groups in total. The average molecular weight is 535 g/mol. The number of morpholine rings is 1. The highest BCUT2D eigenvalue weighted by molar-refractivity contribution is 5.94. The number of hydrogen-bond donors (Lipinski definition) is 0. The number of carbonyl (C=O) groups is 1. The van der Waals surface area contributed by atoms with Gasteiger partial charge in [0.15, 0.2) is 5.82 Å². The number of benzene rings is 1. The lowest BCUT2D eigenvalue weighted by Crippen LogP contribution is -2.65. The molecule has 39 heavy (non-hydrogen) atoms. The monoisotopic (exact) mass is 534 g/mol. The Bertz CT molecular complexity index is 1240. The quantitative estimate of drug-likeness (QED) is 0.433. The molecule has 2 aromatic rings. The maximum absolute atomic E-state index is 14.3. The second-order valence-corrected chi connectivity index (χ2v) is 14.0. The summed E-state index contributed by atoms with van der Waals surface area (Å²) in [5, 5.41) is 4.32. The molecular formula is C31H39FN4O3. The molecule has 7 nitrogen and oxygen atoms in total. The molecule has 208 valence electrons. The van der Waals surface area contributed by atoms with Gasteiger partial charge in [-0.1, -0.05) is 11.2 Å². The Morgan fingerprint density at radius 1 is 1.03 bits per heavy atom. The Balaban J connectivity index is 1.03. The van der Waals surface area contributed by atoms with Crippen LogP contribution >= 0.6 is 0 Å². The van der Waals surface area contributed by atoms with Crippen LogP contribution < -0.4 is 9.80 Å². The fraction of sp³-hybridized carbons (Fsp3) is 0.710. The van der Waals surface area contributed by atoms with E-state index in [9.17, 15) is 9.18 Å². The zero-order chi connectivity index (χ0) is 26.3. The molecule has 7 saturated carbocycles. The summed E-state index contributed by atoms with van der Waals surface area (Å²) in [6.45, 7) is 3.93. The summed E-state index contributed by atoms with van der Waals surface area (Å²) >= 11 is 0. The largest absolute Gasteiger partial charge is 0.378 e. The van der Waals surface area contributed by atoms with E-state index in [1.807, 2.05) is 0 Å². The van der Waals surface area contributed by atoms with Crippen molar-refractivity contribution < 1.29 is 18.4 Å². The molecule has 8 fully saturated rings. The normalized spacial score (nSPS) is 36.8. The molecular weight excluding hydrogens is 495 g/mol. The van der Waals surface area contributed by atoms with Crippen molar-refractivity contribution in [1.29, 1.82) is 0 Å². The molecule has 1 amide bonds. The van der Waals surface area contributed by atoms with E-state index in [0.29, 0.717) is 31.6 Å². The van der Waals surface area contributed by atoms with Crippen molar-refractivity contribution in [3.8, 4) is 0 Å². The lowest BCUT2D eigenvalue weighted by molar-refractivity contribution is -0.215. The van der Waals surface area contributed by atoms with Gasteiger partial charge in [0, 0.05) is 48.8 Å². The number of anilines is 2. The minimum Gasteiger partial charge on any atom is -0.378 e. The minimum atomic E-state index is -0.982. The van der Waals surface area contributed by atoms with E-state index in [-0.39, 0.29) is 22.2 Å². The molecule has 1 saturated heterocycles. The number of ether oxygens (including phenoxy) is 1. The second kappa shape index (κ2) is 8.51. The van der Waals surface area contributed by atoms with Gasteiger partial charge in [0.05, 0.1) is 13.2 Å². The van der Waals surface area contributed by atoms with Crippen LogP contribution in [-0.2, 0) is 14.9 Å². The van der Waals surface area contributed by atoms with E-state index < -0.39 is 5.67 Å². The average Bonchev–Trinajstić information content (AvgIpc) is 3.67. The molecule has 0 unspecified atom stereocenters. The van der Waals surface area contributed by atoms with Gasteiger partial charge < -0.3 is 19.1 Å². The molecule has 0 radical (unpaired) electrons. The Labute approximate surface area is 229 Å². The first-order valence-electron chi connectivity index (χ1n) is 15.1. The summed E-state index contributed by atoms with van der Waals surface area (Å²) in [6, 6.07) is 8.49. The molecule has 7 aliphatic carbocycles. The van der Waals surface area contributed by atoms with Crippen molar-refractivity contribution in [1.82, 2.24) is 10.1 Å². The fourth-order valence-electron chi connectivity index (χ4n) is 8.58. The van der Waals surface area contributed by atoms with Crippen molar-refractivity contribution in [2.75, 3.05) is 42.6 Å². The number of halogens is 1. The van der Waals surface area contributed by atoms with Gasteiger partial charge in [-0.05, 0) is 99.7 Å². The molecule has 1 aliphatic heterocycles. The van der Waals surface area contributed by atoms with Gasteiger partial charge in [0.1, 0.15) is 5.67 Å². The first kappa shape index (κ1) is 24.3. The van der Waals surface area contributed by atoms with E-state index in [1.165, 1.54) is 12.8 Å². The molecule has 8 heteroatoms. The molecule has 4 bridgehead atoms. The van der Waals surface area contributed by atoms with Crippen LogP contribution in [0.25, 0.3) is 0 Å². The highest BCUT2D eigenvalue weighted by Crippen LogP contribution is 2.71. The Morgan fingerprint density at radius 2 is 1.74 bits per heavy atom. The van der Waals surface area contributed by atoms with E-state index in [0.717, 1.165) is 94.5 Å². The third-order valence-electron chi connectivity index (χ3n) is 11.2. The van der Waals surface area contributed by atoms with Crippen LogP contribution in [0.1, 0.15) is 94.7 Å². The third kappa shape index (κ3) is 4.11. The zero-order valence-electron chi connectivity index (χ0n) is 22.8. The van der Waals surface area contributed by atoms with Crippen LogP contribution in [-0.4, -0.2) is 54.6 Å². The van der Waals surface area contributed by atoms with Gasteiger partial charge in [-0.3, -0.25) is 4.79 Å². The van der Waals surface area contributed by atoms with Crippen molar-refractivity contribution >= 4 is 17.3 Å². The van der Waals surface area contributed by atoms with Gasteiger partial charge in [-0.2, -0.15) is 4.98 Å². The lowest BCUT2D eigenvalue weighted by atomic mass is 9.41. The van der Waals surface area contributed by atoms with Gasteiger partial charge in [0.2, 0.25) is 11.8 Å². The van der Waals surface area contributed by atoms with E-state index in [4.69, 9.17) is 14.2 Å². The lowest BCUT2D eigenvalue weighted by Gasteiger charge is -2.66. The van der Waals surface area contributed by atoms with Crippen LogP contribution in [0.15, 0.2) is 28.8 Å². The topological polar surface area (TPSA) is 71.7 Å². The van der Waals surface area contributed by atoms with Gasteiger partial charge in [-0.25, -0.2) is 4.39 Å². The number of carbonyl (C=O) groups excluding carboxylic acids is 1. The van der Waals surface area contributed by atoms with Crippen LogP contribution in [0.4, 0.5) is 15.8 Å². The third-order valence-corrected chi connectivity index (χ3v) is 11.2. The molecule has 10 rings (SSSR count). The first-order chi connectivity index (χ1) is 18.9. The van der Waals surface area contributed by atoms with Crippen molar-refractivity contribution in [3.63, 3.8) is 0 Å². The molecule has 2 heterocycles. The summed E-state index contributed by atoms with van der Waals surface area (Å²) in [4.78, 5) is 23.3. The molecule has 1 aromatic heterocycles. The van der Waals surface area contributed by atoms with Crippen molar-refractivity contribution in [2.45, 2.75) is 94.1 Å². The van der Waals surface area contributed by atoms with Crippen molar-refractivity contribution in [2.24, 2.45) is 10.8 Å². The van der Waals surface area contributed by atoms with Crippen molar-refractivity contribution in [3.05, 3.63) is 36.0 Å². The molecule has 8 aliphatic rings. The zero-order valence-corrected chi connectivity index (χ0v) is 22.8. The van der Waals surface area contributed by atoms with Gasteiger partial charge in [0.25, 0.3) is 0 Å². The summed E-state index contributed by atoms with van der Waals surface area (Å²) in [6.07, 6.45) is 10.9. The second-order valence-electron chi connectivity index (χ2n) is 14.0. The number of hydrogen-bond acceptors (Lipinski definition) is 6. The maximum Gasteiger partial charge on any atom is 0.232 e. The Morgan fingerprint density at radius 3 is 2.41 bits per heavy atom. The van der Waals surface area contributed by atoms with Crippen LogP contribution in [0, 0.1) is 10.8 Å². The van der Waals surface area contributed by atoms with Crippen LogP contribution in [0.5, 0.6) is 0 Å². The summed E-state index contributed by atoms with van der Waals surface area (Å²) < 4.78 is 25.7. The molecule has 0 atom stereocenters. The highest BCUT2D eigenvalue weighted by Gasteiger charge is 2.69. The number of rotatable bonds is 8. The minimum absolute atomic E-state index is 0.00819. The van der Waals surface area contributed by atoms with Crippen LogP contribution in [0.2, 0.25) is 0 Å². The van der Waals surface area contributed by atoms with Crippen LogP contribution in [0.3, 0.4) is 0 Å².